The van der Waals surface area contributed by atoms with Crippen LogP contribution in [0.2, 0.25) is 5.02 Å². The maximum absolute atomic E-state index is 14.5. The van der Waals surface area contributed by atoms with Gasteiger partial charge >= 0.3 is 0 Å². The van der Waals surface area contributed by atoms with Gasteiger partial charge in [-0.25, -0.2) is 4.39 Å². The van der Waals surface area contributed by atoms with Crippen LogP contribution in [0.4, 0.5) is 15.8 Å². The number of carbonyl (C=O) groups excluding carboxylic acids is 3. The lowest BCUT2D eigenvalue weighted by atomic mass is 10.1. The summed E-state index contributed by atoms with van der Waals surface area (Å²) in [6.45, 7) is 0. The summed E-state index contributed by atoms with van der Waals surface area (Å²) in [4.78, 5) is 39.5. The largest absolute Gasteiger partial charge is 0.325 e. The lowest BCUT2D eigenvalue weighted by molar-refractivity contribution is -0.114. The molecule has 9 heteroatoms. The van der Waals surface area contributed by atoms with E-state index in [1.54, 1.807) is 54.6 Å². The molecule has 0 bridgehead atoms. The molecule has 0 heterocycles. The Bertz CT molecular complexity index is 1800. The smallest absolute Gasteiger partial charge is 0.272 e. The van der Waals surface area contributed by atoms with Crippen molar-refractivity contribution in [3.05, 3.63) is 143 Å². The highest BCUT2D eigenvalue weighted by Crippen LogP contribution is 2.25. The number of carbonyl (C=O) groups is 3. The molecule has 0 aromatic heterocycles. The van der Waals surface area contributed by atoms with Gasteiger partial charge in [0.1, 0.15) is 11.5 Å². The van der Waals surface area contributed by atoms with E-state index in [9.17, 15) is 18.8 Å². The van der Waals surface area contributed by atoms with E-state index in [1.807, 2.05) is 42.5 Å². The van der Waals surface area contributed by atoms with Gasteiger partial charge in [0.25, 0.3) is 11.8 Å². The van der Waals surface area contributed by atoms with Crippen LogP contribution < -0.4 is 16.0 Å². The first-order valence-corrected chi connectivity index (χ1v) is 14.6. The highest BCUT2D eigenvalue weighted by Gasteiger charge is 2.17. The van der Waals surface area contributed by atoms with Crippen molar-refractivity contribution in [3.63, 3.8) is 0 Å². The number of benzene rings is 5. The van der Waals surface area contributed by atoms with Gasteiger partial charge in [-0.1, -0.05) is 72.3 Å². The van der Waals surface area contributed by atoms with Crippen molar-refractivity contribution in [2.75, 3.05) is 16.4 Å². The average Bonchev–Trinajstić information content (AvgIpc) is 3.02. The minimum absolute atomic E-state index is 0.0313. The topological polar surface area (TPSA) is 87.3 Å². The summed E-state index contributed by atoms with van der Waals surface area (Å²) < 4.78 is 14.5. The van der Waals surface area contributed by atoms with Gasteiger partial charge in [0, 0.05) is 32.8 Å². The summed E-state index contributed by atoms with van der Waals surface area (Å²) in [7, 11) is 0. The minimum atomic E-state index is -0.668. The third-order valence-electron chi connectivity index (χ3n) is 6.36. The molecule has 214 valence electrons. The van der Waals surface area contributed by atoms with Gasteiger partial charge in [-0.3, -0.25) is 14.4 Å². The molecule has 43 heavy (non-hydrogen) atoms. The van der Waals surface area contributed by atoms with Crippen molar-refractivity contribution in [3.8, 4) is 0 Å². The van der Waals surface area contributed by atoms with E-state index in [1.165, 1.54) is 36.0 Å². The van der Waals surface area contributed by atoms with Gasteiger partial charge in [-0.15, -0.1) is 11.8 Å². The zero-order valence-corrected chi connectivity index (χ0v) is 24.2. The van der Waals surface area contributed by atoms with E-state index >= 15 is 0 Å². The first kappa shape index (κ1) is 29.6. The zero-order chi connectivity index (χ0) is 30.2. The molecule has 0 radical (unpaired) electrons. The maximum atomic E-state index is 14.5. The molecular formula is C34H25ClFN3O3S. The second kappa shape index (κ2) is 13.8. The van der Waals surface area contributed by atoms with Crippen LogP contribution in [0.15, 0.2) is 126 Å². The first-order valence-electron chi connectivity index (χ1n) is 13.2. The minimum Gasteiger partial charge on any atom is -0.325 e. The molecule has 6 nitrogen and oxygen atoms in total. The number of anilines is 2. The fraction of sp³-hybridized carbons (Fsp3) is 0.0294. The molecule has 5 aromatic rings. The summed E-state index contributed by atoms with van der Waals surface area (Å²) in [5.74, 6) is -1.80. The standard InChI is InChI=1S/C34H25ClFN3O3S/c35-28-13-7-14-29(36)27(28)20-31(39-33(41)23-9-2-1-3-10-23)34(42)37-24-16-18-25(19-17-24)43-21-32(40)38-30-15-6-11-22-8-4-5-12-26(22)30/h1-20H,21H2,(H,37,42)(H,38,40)(H,39,41)/b31-20-. The molecule has 0 aliphatic carbocycles. The van der Waals surface area contributed by atoms with Crippen LogP contribution in [0.3, 0.4) is 0 Å². The molecule has 3 N–H and O–H groups in total. The van der Waals surface area contributed by atoms with E-state index in [2.05, 4.69) is 16.0 Å². The predicted octanol–water partition coefficient (Wildman–Crippen LogP) is 7.77. The van der Waals surface area contributed by atoms with E-state index in [-0.39, 0.29) is 27.9 Å². The summed E-state index contributed by atoms with van der Waals surface area (Å²) in [6.07, 6.45) is 1.20. The van der Waals surface area contributed by atoms with Gasteiger partial charge in [-0.2, -0.15) is 0 Å². The van der Waals surface area contributed by atoms with Crippen LogP contribution in [0, 0.1) is 5.82 Å². The highest BCUT2D eigenvalue weighted by molar-refractivity contribution is 8.00. The Kier molecular flexibility index (Phi) is 9.51. The third-order valence-corrected chi connectivity index (χ3v) is 7.70. The number of nitrogens with one attached hydrogen (secondary N) is 3. The van der Waals surface area contributed by atoms with Gasteiger partial charge in [0.05, 0.1) is 10.8 Å². The zero-order valence-electron chi connectivity index (χ0n) is 22.6. The van der Waals surface area contributed by atoms with E-state index in [0.29, 0.717) is 11.3 Å². The van der Waals surface area contributed by atoms with Crippen LogP contribution in [0.1, 0.15) is 15.9 Å². The van der Waals surface area contributed by atoms with E-state index in [4.69, 9.17) is 11.6 Å². The summed E-state index contributed by atoms with van der Waals surface area (Å²) >= 11 is 7.52. The van der Waals surface area contributed by atoms with Crippen LogP contribution in [-0.2, 0) is 9.59 Å². The highest BCUT2D eigenvalue weighted by atomic mass is 35.5. The van der Waals surface area contributed by atoms with Gasteiger partial charge in [-0.05, 0) is 66.1 Å². The number of amides is 3. The van der Waals surface area contributed by atoms with Crippen LogP contribution in [0.25, 0.3) is 16.8 Å². The molecule has 3 amide bonds. The average molecular weight is 610 g/mol. The Morgan fingerprint density at radius 2 is 1.47 bits per heavy atom. The summed E-state index contributed by atoms with van der Waals surface area (Å²) in [6, 6.07) is 33.0. The van der Waals surface area contributed by atoms with Gasteiger partial charge in [0.2, 0.25) is 5.91 Å². The number of thioether (sulfide) groups is 1. The van der Waals surface area contributed by atoms with Crippen LogP contribution >= 0.6 is 23.4 Å². The van der Waals surface area contributed by atoms with Crippen LogP contribution in [-0.4, -0.2) is 23.5 Å². The van der Waals surface area contributed by atoms with Crippen molar-refractivity contribution in [2.24, 2.45) is 0 Å². The van der Waals surface area contributed by atoms with Crippen molar-refractivity contribution in [2.45, 2.75) is 4.90 Å². The Balaban J connectivity index is 1.25. The fourth-order valence-corrected chi connectivity index (χ4v) is 5.15. The Labute approximate surface area is 257 Å². The quantitative estimate of drug-likeness (QED) is 0.118. The lowest BCUT2D eigenvalue weighted by Gasteiger charge is -2.12. The van der Waals surface area contributed by atoms with Gasteiger partial charge in [0.15, 0.2) is 0 Å². The number of rotatable bonds is 9. The molecule has 5 rings (SSSR count). The molecule has 0 aliphatic heterocycles. The van der Waals surface area contributed by atoms with Crippen LogP contribution in [0.5, 0.6) is 0 Å². The number of hydrogen-bond acceptors (Lipinski definition) is 4. The second-order valence-corrected chi connectivity index (χ2v) is 10.8. The summed E-state index contributed by atoms with van der Waals surface area (Å²) in [5.41, 5.74) is 1.29. The Morgan fingerprint density at radius 3 is 2.23 bits per heavy atom. The fourth-order valence-electron chi connectivity index (χ4n) is 4.24. The lowest BCUT2D eigenvalue weighted by Crippen LogP contribution is -2.30. The monoisotopic (exact) mass is 609 g/mol. The van der Waals surface area contributed by atoms with Crippen molar-refractivity contribution >= 4 is 69.3 Å². The molecule has 0 unspecified atom stereocenters. The van der Waals surface area contributed by atoms with Crippen molar-refractivity contribution < 1.29 is 18.8 Å². The molecular weight excluding hydrogens is 585 g/mol. The van der Waals surface area contributed by atoms with E-state index < -0.39 is 17.6 Å². The van der Waals surface area contributed by atoms with Crippen molar-refractivity contribution in [1.29, 1.82) is 0 Å². The predicted molar refractivity (Wildman–Crippen MR) is 172 cm³/mol. The molecule has 0 saturated heterocycles. The second-order valence-electron chi connectivity index (χ2n) is 9.36. The molecule has 0 saturated carbocycles. The first-order chi connectivity index (χ1) is 20.9. The molecule has 0 spiro atoms. The third kappa shape index (κ3) is 7.68. The molecule has 0 fully saturated rings. The number of halogens is 2. The molecule has 5 aromatic carbocycles. The SMILES string of the molecule is O=C(CSc1ccc(NC(=O)/C(=C/c2c(F)cccc2Cl)NC(=O)c2ccccc2)cc1)Nc1cccc2ccccc12. The Morgan fingerprint density at radius 1 is 0.767 bits per heavy atom. The molecule has 0 atom stereocenters. The number of hydrogen-bond donors (Lipinski definition) is 3. The maximum Gasteiger partial charge on any atom is 0.272 e. The van der Waals surface area contributed by atoms with Gasteiger partial charge < -0.3 is 16.0 Å². The summed E-state index contributed by atoms with van der Waals surface area (Å²) in [5, 5.41) is 10.4. The van der Waals surface area contributed by atoms with E-state index in [0.717, 1.165) is 21.4 Å². The number of fused-ring (bicyclic) bond motifs is 1. The molecule has 0 aliphatic rings. The normalized spacial score (nSPS) is 11.2. The Hall–Kier alpha value is -4.92. The van der Waals surface area contributed by atoms with Crippen molar-refractivity contribution in [1.82, 2.24) is 5.32 Å².